The lowest BCUT2D eigenvalue weighted by Crippen LogP contribution is -2.49. The highest BCUT2D eigenvalue weighted by atomic mass is 32.2. The number of piperidine rings is 1. The summed E-state index contributed by atoms with van der Waals surface area (Å²) in [5.74, 6) is -0.364. The van der Waals surface area contributed by atoms with Gasteiger partial charge in [-0.15, -0.1) is 0 Å². The van der Waals surface area contributed by atoms with E-state index in [2.05, 4.69) is 4.72 Å². The summed E-state index contributed by atoms with van der Waals surface area (Å²) in [7, 11) is -3.33. The van der Waals surface area contributed by atoms with Gasteiger partial charge in [0.1, 0.15) is 11.6 Å². The predicted octanol–water partition coefficient (Wildman–Crippen LogP) is 2.24. The predicted molar refractivity (Wildman–Crippen MR) is 91.0 cm³/mol. The molecule has 0 aliphatic carbocycles. The third kappa shape index (κ3) is 4.26. The smallest absolute Gasteiger partial charge is 0.289 e. The maximum atomic E-state index is 13.8. The molecule has 1 saturated heterocycles. The highest BCUT2D eigenvalue weighted by Gasteiger charge is 2.28. The number of rotatable bonds is 4. The first-order valence-electron chi connectivity index (χ1n) is 7.95. The van der Waals surface area contributed by atoms with Crippen molar-refractivity contribution in [1.82, 2.24) is 9.62 Å². The molecule has 0 radical (unpaired) electrons. The van der Waals surface area contributed by atoms with Crippen molar-refractivity contribution in [3.63, 3.8) is 0 Å². The lowest BCUT2D eigenvalue weighted by atomic mass is 10.1. The van der Waals surface area contributed by atoms with Crippen LogP contribution in [0.1, 0.15) is 23.4 Å². The second kappa shape index (κ2) is 6.97. The molecule has 6 nitrogen and oxygen atoms in total. The Labute approximate surface area is 145 Å². The molecule has 0 saturated carbocycles. The number of hydrogen-bond acceptors (Lipinski definition) is 4. The van der Waals surface area contributed by atoms with Crippen LogP contribution in [-0.2, 0) is 10.0 Å². The van der Waals surface area contributed by atoms with Crippen LogP contribution in [0, 0.1) is 5.82 Å². The van der Waals surface area contributed by atoms with E-state index in [1.54, 1.807) is 29.2 Å². The van der Waals surface area contributed by atoms with E-state index in [0.717, 1.165) is 6.26 Å². The molecule has 2 heterocycles. The Morgan fingerprint density at radius 1 is 1.28 bits per heavy atom. The van der Waals surface area contributed by atoms with Gasteiger partial charge in [0.05, 0.1) is 11.8 Å². The molecule has 0 unspecified atom stereocenters. The molecular weight excluding hydrogens is 347 g/mol. The number of amides is 1. The minimum Gasteiger partial charge on any atom is -0.451 e. The topological polar surface area (TPSA) is 79.6 Å². The van der Waals surface area contributed by atoms with Crippen LogP contribution in [0.25, 0.3) is 11.3 Å². The van der Waals surface area contributed by atoms with Gasteiger partial charge in [0.15, 0.2) is 5.76 Å². The highest BCUT2D eigenvalue weighted by molar-refractivity contribution is 7.88. The van der Waals surface area contributed by atoms with E-state index in [1.165, 1.54) is 12.1 Å². The van der Waals surface area contributed by atoms with Gasteiger partial charge in [-0.3, -0.25) is 4.79 Å². The first kappa shape index (κ1) is 17.6. The van der Waals surface area contributed by atoms with Crippen LogP contribution in [0.2, 0.25) is 0 Å². The molecule has 1 aromatic carbocycles. The Hall–Kier alpha value is -2.19. The Kier molecular flexibility index (Phi) is 4.91. The fourth-order valence-corrected chi connectivity index (χ4v) is 3.77. The maximum Gasteiger partial charge on any atom is 0.289 e. The molecular formula is C17H19FN2O4S. The fraction of sp³-hybridized carbons (Fsp3) is 0.353. The largest absolute Gasteiger partial charge is 0.451 e. The highest BCUT2D eigenvalue weighted by Crippen LogP contribution is 2.26. The number of furan rings is 1. The number of sulfonamides is 1. The van der Waals surface area contributed by atoms with Crippen LogP contribution < -0.4 is 4.72 Å². The van der Waals surface area contributed by atoms with Crippen molar-refractivity contribution in [2.45, 2.75) is 18.9 Å². The Morgan fingerprint density at radius 3 is 2.76 bits per heavy atom. The van der Waals surface area contributed by atoms with Gasteiger partial charge >= 0.3 is 0 Å². The Morgan fingerprint density at radius 2 is 2.04 bits per heavy atom. The van der Waals surface area contributed by atoms with Crippen LogP contribution in [-0.4, -0.2) is 44.6 Å². The SMILES string of the molecule is CS(=O)(=O)N[C@H]1CCCN(C(=O)c2ccc(-c3ccccc3F)o2)C1. The zero-order valence-electron chi connectivity index (χ0n) is 13.7. The lowest BCUT2D eigenvalue weighted by Gasteiger charge is -2.32. The zero-order chi connectivity index (χ0) is 18.0. The summed E-state index contributed by atoms with van der Waals surface area (Å²) in [6.45, 7) is 0.804. The minimum absolute atomic E-state index is 0.109. The van der Waals surface area contributed by atoms with Gasteiger partial charge in [0.2, 0.25) is 10.0 Å². The summed E-state index contributed by atoms with van der Waals surface area (Å²) in [6, 6.07) is 8.93. The summed E-state index contributed by atoms with van der Waals surface area (Å²) in [4.78, 5) is 14.2. The second-order valence-corrected chi connectivity index (χ2v) is 7.90. The number of carbonyl (C=O) groups excluding carboxylic acids is 1. The molecule has 1 amide bonds. The molecule has 25 heavy (non-hydrogen) atoms. The minimum atomic E-state index is -3.33. The molecule has 1 atom stereocenters. The van der Waals surface area contributed by atoms with Gasteiger partial charge in [-0.2, -0.15) is 0 Å². The first-order valence-corrected chi connectivity index (χ1v) is 9.84. The zero-order valence-corrected chi connectivity index (χ0v) is 14.6. The van der Waals surface area contributed by atoms with E-state index in [0.29, 0.717) is 19.4 Å². The summed E-state index contributed by atoms with van der Waals surface area (Å²) in [6.07, 6.45) is 2.47. The van der Waals surface area contributed by atoms with Crippen LogP contribution in [0.4, 0.5) is 4.39 Å². The Bertz CT molecular complexity index is 878. The van der Waals surface area contributed by atoms with E-state index in [-0.39, 0.29) is 35.6 Å². The first-order chi connectivity index (χ1) is 11.8. The van der Waals surface area contributed by atoms with Gasteiger partial charge in [-0.1, -0.05) is 12.1 Å². The van der Waals surface area contributed by atoms with Gasteiger partial charge in [0, 0.05) is 19.1 Å². The van der Waals surface area contributed by atoms with E-state index in [1.807, 2.05) is 0 Å². The van der Waals surface area contributed by atoms with Crippen LogP contribution in [0.3, 0.4) is 0 Å². The van der Waals surface area contributed by atoms with E-state index >= 15 is 0 Å². The number of halogens is 1. The average Bonchev–Trinajstić information content (AvgIpc) is 3.03. The van der Waals surface area contributed by atoms with Crippen molar-refractivity contribution in [2.24, 2.45) is 0 Å². The molecule has 1 fully saturated rings. The van der Waals surface area contributed by atoms with Crippen molar-refractivity contribution in [1.29, 1.82) is 0 Å². The van der Waals surface area contributed by atoms with Crippen molar-refractivity contribution in [3.8, 4) is 11.3 Å². The number of likely N-dealkylation sites (tertiary alicyclic amines) is 1. The maximum absolute atomic E-state index is 13.8. The standard InChI is InChI=1S/C17H19FN2O4S/c1-25(22,23)19-12-5-4-10-20(11-12)17(21)16-9-8-15(24-16)13-6-2-3-7-14(13)18/h2-3,6-9,12,19H,4-5,10-11H2,1H3/t12-/m0/s1. The fourth-order valence-electron chi connectivity index (χ4n) is 2.98. The van der Waals surface area contributed by atoms with Crippen molar-refractivity contribution in [3.05, 3.63) is 48.0 Å². The van der Waals surface area contributed by atoms with E-state index < -0.39 is 15.8 Å². The summed E-state index contributed by atoms with van der Waals surface area (Å²) < 4.78 is 44.6. The summed E-state index contributed by atoms with van der Waals surface area (Å²) in [5, 5.41) is 0. The number of nitrogens with zero attached hydrogens (tertiary/aromatic N) is 1. The third-order valence-electron chi connectivity index (χ3n) is 4.05. The van der Waals surface area contributed by atoms with Gasteiger partial charge in [0.25, 0.3) is 5.91 Å². The summed E-state index contributed by atoms with van der Waals surface area (Å²) >= 11 is 0. The molecule has 1 aliphatic heterocycles. The van der Waals surface area contributed by atoms with Crippen LogP contribution in [0.5, 0.6) is 0 Å². The lowest BCUT2D eigenvalue weighted by molar-refractivity contribution is 0.0672. The van der Waals surface area contributed by atoms with Gasteiger partial charge in [-0.25, -0.2) is 17.5 Å². The number of benzene rings is 1. The van der Waals surface area contributed by atoms with Gasteiger partial charge < -0.3 is 9.32 Å². The number of nitrogens with one attached hydrogen (secondary N) is 1. The van der Waals surface area contributed by atoms with Crippen molar-refractivity contribution < 1.29 is 22.0 Å². The monoisotopic (exact) mass is 366 g/mol. The number of carbonyl (C=O) groups is 1. The van der Waals surface area contributed by atoms with Crippen molar-refractivity contribution >= 4 is 15.9 Å². The van der Waals surface area contributed by atoms with E-state index in [9.17, 15) is 17.6 Å². The van der Waals surface area contributed by atoms with Crippen LogP contribution in [0.15, 0.2) is 40.8 Å². The molecule has 134 valence electrons. The molecule has 2 aromatic rings. The molecule has 3 rings (SSSR count). The van der Waals surface area contributed by atoms with Gasteiger partial charge in [-0.05, 0) is 37.1 Å². The van der Waals surface area contributed by atoms with Crippen LogP contribution >= 0.6 is 0 Å². The molecule has 1 N–H and O–H groups in total. The quantitative estimate of drug-likeness (QED) is 0.900. The molecule has 1 aromatic heterocycles. The summed E-state index contributed by atoms with van der Waals surface area (Å²) in [5.41, 5.74) is 0.289. The van der Waals surface area contributed by atoms with E-state index in [4.69, 9.17) is 4.42 Å². The molecule has 1 aliphatic rings. The number of hydrogen-bond donors (Lipinski definition) is 1. The molecule has 0 bridgehead atoms. The third-order valence-corrected chi connectivity index (χ3v) is 4.81. The second-order valence-electron chi connectivity index (χ2n) is 6.12. The molecule has 0 spiro atoms. The average molecular weight is 366 g/mol. The normalized spacial score (nSPS) is 18.3. The Balaban J connectivity index is 1.74. The van der Waals surface area contributed by atoms with Crippen molar-refractivity contribution in [2.75, 3.05) is 19.3 Å². The molecule has 8 heteroatoms.